The molecule has 11 heteroatoms. The Kier molecular flexibility index (Phi) is 6.76. The molecule has 0 saturated carbocycles. The SMILES string of the molecule is Cc1cc(NC(=S)NC(=O)c2cc([N+](=O)[O-])ccc2Cl)ccc1NC(=O)c1cc2ccccc2o1. The molecule has 176 valence electrons. The third-order valence-corrected chi connectivity index (χ3v) is 5.55. The number of amides is 2. The van der Waals surface area contributed by atoms with E-state index in [-0.39, 0.29) is 33.1 Å². The smallest absolute Gasteiger partial charge is 0.291 e. The Labute approximate surface area is 209 Å². The molecule has 1 heterocycles. The molecule has 0 atom stereocenters. The number of para-hydroxylation sites is 1. The minimum Gasteiger partial charge on any atom is -0.451 e. The number of thiocarbonyl (C=S) groups is 1. The molecule has 4 rings (SSSR count). The van der Waals surface area contributed by atoms with Crippen molar-refractivity contribution >= 4 is 68.8 Å². The highest BCUT2D eigenvalue weighted by molar-refractivity contribution is 7.80. The topological polar surface area (TPSA) is 127 Å². The van der Waals surface area contributed by atoms with E-state index in [1.54, 1.807) is 37.3 Å². The van der Waals surface area contributed by atoms with Gasteiger partial charge in [0, 0.05) is 28.9 Å². The van der Waals surface area contributed by atoms with Crippen molar-refractivity contribution < 1.29 is 18.9 Å². The summed E-state index contributed by atoms with van der Waals surface area (Å²) in [4.78, 5) is 35.4. The van der Waals surface area contributed by atoms with Crippen molar-refractivity contribution in [2.45, 2.75) is 6.92 Å². The largest absolute Gasteiger partial charge is 0.451 e. The first-order valence-electron chi connectivity index (χ1n) is 10.2. The predicted molar refractivity (Wildman–Crippen MR) is 137 cm³/mol. The molecule has 4 aromatic rings. The van der Waals surface area contributed by atoms with E-state index in [4.69, 9.17) is 28.2 Å². The number of hydrogen-bond acceptors (Lipinski definition) is 6. The van der Waals surface area contributed by atoms with Gasteiger partial charge in [-0.05, 0) is 61.1 Å². The van der Waals surface area contributed by atoms with E-state index in [0.29, 0.717) is 17.0 Å². The minimum absolute atomic E-state index is 0.0315. The van der Waals surface area contributed by atoms with Crippen LogP contribution in [0, 0.1) is 17.0 Å². The summed E-state index contributed by atoms with van der Waals surface area (Å²) in [6.45, 7) is 1.80. The number of halogens is 1. The predicted octanol–water partition coefficient (Wildman–Crippen LogP) is 5.68. The Morgan fingerprint density at radius 1 is 1.00 bits per heavy atom. The van der Waals surface area contributed by atoms with E-state index >= 15 is 0 Å². The number of benzene rings is 3. The molecular formula is C24H17ClN4O5S. The molecule has 0 spiro atoms. The van der Waals surface area contributed by atoms with Crippen LogP contribution in [0.15, 0.2) is 71.1 Å². The summed E-state index contributed by atoms with van der Waals surface area (Å²) in [7, 11) is 0. The first kappa shape index (κ1) is 23.9. The molecule has 1 aromatic heterocycles. The second kappa shape index (κ2) is 9.92. The molecule has 0 unspecified atom stereocenters. The fourth-order valence-electron chi connectivity index (χ4n) is 3.29. The zero-order valence-electron chi connectivity index (χ0n) is 18.1. The van der Waals surface area contributed by atoms with Gasteiger partial charge in [0.15, 0.2) is 10.9 Å². The average Bonchev–Trinajstić information content (AvgIpc) is 3.25. The minimum atomic E-state index is -0.692. The molecule has 0 saturated heterocycles. The first-order valence-corrected chi connectivity index (χ1v) is 11.0. The summed E-state index contributed by atoms with van der Waals surface area (Å²) in [6.07, 6.45) is 0. The fraction of sp³-hybridized carbons (Fsp3) is 0.0417. The normalized spacial score (nSPS) is 10.6. The maximum Gasteiger partial charge on any atom is 0.291 e. The molecule has 0 aliphatic rings. The zero-order valence-corrected chi connectivity index (χ0v) is 19.7. The van der Waals surface area contributed by atoms with Gasteiger partial charge in [-0.1, -0.05) is 29.8 Å². The maximum atomic E-state index is 12.6. The van der Waals surface area contributed by atoms with E-state index in [1.165, 1.54) is 12.1 Å². The van der Waals surface area contributed by atoms with Gasteiger partial charge in [0.25, 0.3) is 17.5 Å². The second-order valence-electron chi connectivity index (χ2n) is 7.46. The van der Waals surface area contributed by atoms with Crippen LogP contribution in [0.4, 0.5) is 17.1 Å². The van der Waals surface area contributed by atoms with E-state index in [1.807, 2.05) is 18.2 Å². The molecule has 0 aliphatic carbocycles. The van der Waals surface area contributed by atoms with Crippen LogP contribution in [0.25, 0.3) is 11.0 Å². The van der Waals surface area contributed by atoms with Gasteiger partial charge in [0.05, 0.1) is 15.5 Å². The van der Waals surface area contributed by atoms with Gasteiger partial charge in [0.1, 0.15) is 5.58 Å². The summed E-state index contributed by atoms with van der Waals surface area (Å²) < 4.78 is 5.59. The van der Waals surface area contributed by atoms with Crippen LogP contribution >= 0.6 is 23.8 Å². The summed E-state index contributed by atoms with van der Waals surface area (Å²) in [6, 6.07) is 17.6. The lowest BCUT2D eigenvalue weighted by Gasteiger charge is -2.13. The number of nitrogens with zero attached hydrogens (tertiary/aromatic N) is 1. The summed E-state index contributed by atoms with van der Waals surface area (Å²) in [5.41, 5.74) is 2.13. The highest BCUT2D eigenvalue weighted by Crippen LogP contribution is 2.24. The molecule has 0 fully saturated rings. The molecule has 0 aliphatic heterocycles. The van der Waals surface area contributed by atoms with Crippen LogP contribution < -0.4 is 16.0 Å². The molecule has 35 heavy (non-hydrogen) atoms. The first-order chi connectivity index (χ1) is 16.7. The van der Waals surface area contributed by atoms with Crippen molar-refractivity contribution in [1.29, 1.82) is 0 Å². The summed E-state index contributed by atoms with van der Waals surface area (Å²) in [5, 5.41) is 19.9. The number of fused-ring (bicyclic) bond motifs is 1. The Hall–Kier alpha value is -4.28. The Morgan fingerprint density at radius 2 is 1.77 bits per heavy atom. The lowest BCUT2D eigenvalue weighted by atomic mass is 10.1. The lowest BCUT2D eigenvalue weighted by molar-refractivity contribution is -0.384. The van der Waals surface area contributed by atoms with E-state index < -0.39 is 10.8 Å². The molecule has 0 bridgehead atoms. The van der Waals surface area contributed by atoms with Gasteiger partial charge in [-0.25, -0.2) is 0 Å². The van der Waals surface area contributed by atoms with Crippen molar-refractivity contribution in [2.24, 2.45) is 0 Å². The summed E-state index contributed by atoms with van der Waals surface area (Å²) in [5.74, 6) is -0.888. The Balaban J connectivity index is 1.40. The number of nitro benzene ring substituents is 1. The number of non-ortho nitro benzene ring substituents is 1. The number of rotatable bonds is 5. The standard InChI is InChI=1S/C24H17ClN4O5S/c1-13-10-15(26-24(35)28-22(30)17-12-16(29(32)33)7-8-18(17)25)6-9-19(13)27-23(31)21-11-14-4-2-3-5-20(14)34-21/h2-12H,1H3,(H,27,31)(H2,26,28,30,35). The van der Waals surface area contributed by atoms with Gasteiger partial charge < -0.3 is 15.1 Å². The number of nitro groups is 1. The van der Waals surface area contributed by atoms with Gasteiger partial charge in [-0.2, -0.15) is 0 Å². The maximum absolute atomic E-state index is 12.6. The van der Waals surface area contributed by atoms with Crippen LogP contribution in [0.2, 0.25) is 5.02 Å². The molecular weight excluding hydrogens is 492 g/mol. The number of furan rings is 1. The average molecular weight is 509 g/mol. The number of hydrogen-bond donors (Lipinski definition) is 3. The number of aryl methyl sites for hydroxylation is 1. The van der Waals surface area contributed by atoms with Crippen LogP contribution in [0.1, 0.15) is 26.5 Å². The fourth-order valence-corrected chi connectivity index (χ4v) is 3.71. The zero-order chi connectivity index (χ0) is 25.1. The van der Waals surface area contributed by atoms with Crippen LogP contribution in [0.5, 0.6) is 0 Å². The molecule has 0 radical (unpaired) electrons. The number of nitrogens with one attached hydrogen (secondary N) is 3. The van der Waals surface area contributed by atoms with Crippen molar-refractivity contribution in [3.8, 4) is 0 Å². The quantitative estimate of drug-likeness (QED) is 0.180. The van der Waals surface area contributed by atoms with Crippen LogP contribution in [-0.2, 0) is 0 Å². The monoisotopic (exact) mass is 508 g/mol. The Morgan fingerprint density at radius 3 is 2.49 bits per heavy atom. The van der Waals surface area contributed by atoms with E-state index in [2.05, 4.69) is 16.0 Å². The van der Waals surface area contributed by atoms with Crippen molar-refractivity contribution in [3.63, 3.8) is 0 Å². The van der Waals surface area contributed by atoms with E-state index in [9.17, 15) is 19.7 Å². The van der Waals surface area contributed by atoms with Crippen LogP contribution in [-0.4, -0.2) is 21.9 Å². The van der Waals surface area contributed by atoms with Crippen molar-refractivity contribution in [1.82, 2.24) is 5.32 Å². The highest BCUT2D eigenvalue weighted by atomic mass is 35.5. The third-order valence-electron chi connectivity index (χ3n) is 5.01. The molecule has 9 nitrogen and oxygen atoms in total. The highest BCUT2D eigenvalue weighted by Gasteiger charge is 2.17. The van der Waals surface area contributed by atoms with E-state index in [0.717, 1.165) is 17.0 Å². The number of carbonyl (C=O) groups excluding carboxylic acids is 2. The van der Waals surface area contributed by atoms with Crippen molar-refractivity contribution in [3.05, 3.63) is 98.8 Å². The number of anilines is 2. The van der Waals surface area contributed by atoms with Crippen molar-refractivity contribution in [2.75, 3.05) is 10.6 Å². The van der Waals surface area contributed by atoms with Gasteiger partial charge in [0.2, 0.25) is 0 Å². The van der Waals surface area contributed by atoms with Gasteiger partial charge in [-0.3, -0.25) is 25.0 Å². The van der Waals surface area contributed by atoms with Gasteiger partial charge >= 0.3 is 0 Å². The third kappa shape index (κ3) is 5.45. The molecule has 2 amide bonds. The molecule has 3 N–H and O–H groups in total. The Bertz CT molecular complexity index is 1470. The lowest BCUT2D eigenvalue weighted by Crippen LogP contribution is -2.34. The molecule has 3 aromatic carbocycles. The second-order valence-corrected chi connectivity index (χ2v) is 8.28. The summed E-state index contributed by atoms with van der Waals surface area (Å²) >= 11 is 11.2. The number of carbonyl (C=O) groups is 2. The van der Waals surface area contributed by atoms with Gasteiger partial charge in [-0.15, -0.1) is 0 Å². The van der Waals surface area contributed by atoms with Crippen LogP contribution in [0.3, 0.4) is 0 Å².